The average molecular weight is 340 g/mol. The van der Waals surface area contributed by atoms with E-state index in [0.29, 0.717) is 16.0 Å². The van der Waals surface area contributed by atoms with E-state index in [-0.39, 0.29) is 11.8 Å². The summed E-state index contributed by atoms with van der Waals surface area (Å²) in [6, 6.07) is 1.78. The molecule has 2 aromatic rings. The molecule has 1 amide bonds. The maximum absolute atomic E-state index is 12.3. The number of aryl methyl sites for hydroxylation is 1. The second kappa shape index (κ2) is 6.21. The maximum Gasteiger partial charge on any atom is 0.278 e. The molecule has 0 atom stereocenters. The first kappa shape index (κ1) is 14.8. The summed E-state index contributed by atoms with van der Waals surface area (Å²) in [7, 11) is 0. The SMILES string of the molecule is CCCn1nccc1NC(=O)c1n[nH]c(C(C)C)c1Br. The minimum Gasteiger partial charge on any atom is -0.305 e. The molecule has 7 heteroatoms. The predicted octanol–water partition coefficient (Wildman–Crippen LogP) is 3.15. The maximum atomic E-state index is 12.3. The Labute approximate surface area is 126 Å². The summed E-state index contributed by atoms with van der Waals surface area (Å²) in [6.07, 6.45) is 2.62. The van der Waals surface area contributed by atoms with Gasteiger partial charge in [0.25, 0.3) is 5.91 Å². The fourth-order valence-corrected chi connectivity index (χ4v) is 2.69. The van der Waals surface area contributed by atoms with Crippen LogP contribution in [0.3, 0.4) is 0 Å². The lowest BCUT2D eigenvalue weighted by atomic mass is 10.1. The van der Waals surface area contributed by atoms with E-state index in [1.165, 1.54) is 0 Å². The highest BCUT2D eigenvalue weighted by Crippen LogP contribution is 2.26. The highest BCUT2D eigenvalue weighted by Gasteiger charge is 2.20. The van der Waals surface area contributed by atoms with Crippen molar-refractivity contribution < 1.29 is 4.79 Å². The Morgan fingerprint density at radius 3 is 2.90 bits per heavy atom. The van der Waals surface area contributed by atoms with Gasteiger partial charge in [0.1, 0.15) is 5.82 Å². The number of nitrogens with zero attached hydrogens (tertiary/aromatic N) is 3. The highest BCUT2D eigenvalue weighted by atomic mass is 79.9. The number of aromatic amines is 1. The van der Waals surface area contributed by atoms with E-state index >= 15 is 0 Å². The molecule has 2 aromatic heterocycles. The van der Waals surface area contributed by atoms with Crippen LogP contribution < -0.4 is 5.32 Å². The van der Waals surface area contributed by atoms with E-state index in [9.17, 15) is 4.79 Å². The molecule has 0 spiro atoms. The molecule has 0 saturated carbocycles. The van der Waals surface area contributed by atoms with Crippen LogP contribution in [0.15, 0.2) is 16.7 Å². The topological polar surface area (TPSA) is 75.6 Å². The second-order valence-electron chi connectivity index (χ2n) is 4.85. The average Bonchev–Trinajstić information content (AvgIpc) is 2.97. The molecule has 20 heavy (non-hydrogen) atoms. The van der Waals surface area contributed by atoms with Crippen LogP contribution in [0, 0.1) is 0 Å². The van der Waals surface area contributed by atoms with E-state index in [1.54, 1.807) is 16.9 Å². The molecule has 0 fully saturated rings. The van der Waals surface area contributed by atoms with Gasteiger partial charge in [-0.1, -0.05) is 20.8 Å². The summed E-state index contributed by atoms with van der Waals surface area (Å²) < 4.78 is 2.48. The fourth-order valence-electron chi connectivity index (χ4n) is 1.88. The summed E-state index contributed by atoms with van der Waals surface area (Å²) in [6.45, 7) is 6.90. The van der Waals surface area contributed by atoms with Crippen molar-refractivity contribution in [3.63, 3.8) is 0 Å². The molecule has 6 nitrogen and oxygen atoms in total. The van der Waals surface area contributed by atoms with Gasteiger partial charge in [-0.15, -0.1) is 0 Å². The van der Waals surface area contributed by atoms with E-state index < -0.39 is 0 Å². The zero-order valence-electron chi connectivity index (χ0n) is 11.8. The summed E-state index contributed by atoms with van der Waals surface area (Å²) in [5.41, 5.74) is 1.27. The number of aromatic nitrogens is 4. The molecule has 0 unspecified atom stereocenters. The van der Waals surface area contributed by atoms with Gasteiger partial charge >= 0.3 is 0 Å². The number of amides is 1. The van der Waals surface area contributed by atoms with Crippen LogP contribution in [0.25, 0.3) is 0 Å². The van der Waals surface area contributed by atoms with Crippen molar-refractivity contribution in [2.45, 2.75) is 39.7 Å². The zero-order chi connectivity index (χ0) is 14.7. The van der Waals surface area contributed by atoms with Gasteiger partial charge in [0.05, 0.1) is 16.4 Å². The number of anilines is 1. The van der Waals surface area contributed by atoms with Crippen LogP contribution in [-0.4, -0.2) is 25.9 Å². The molecule has 0 radical (unpaired) electrons. The van der Waals surface area contributed by atoms with Crippen molar-refractivity contribution in [1.29, 1.82) is 0 Å². The molecule has 108 valence electrons. The summed E-state index contributed by atoms with van der Waals surface area (Å²) in [5, 5.41) is 14.0. The van der Waals surface area contributed by atoms with Crippen molar-refractivity contribution >= 4 is 27.7 Å². The van der Waals surface area contributed by atoms with Gasteiger partial charge in [-0.3, -0.25) is 9.89 Å². The molecule has 0 aliphatic heterocycles. The number of halogens is 1. The number of carbonyl (C=O) groups is 1. The van der Waals surface area contributed by atoms with Crippen LogP contribution in [0.1, 0.15) is 49.3 Å². The van der Waals surface area contributed by atoms with Gasteiger partial charge in [-0.05, 0) is 28.3 Å². The molecular weight excluding hydrogens is 322 g/mol. The van der Waals surface area contributed by atoms with E-state index in [0.717, 1.165) is 18.7 Å². The summed E-state index contributed by atoms with van der Waals surface area (Å²) in [4.78, 5) is 12.3. The van der Waals surface area contributed by atoms with Gasteiger partial charge in [-0.25, -0.2) is 4.68 Å². The van der Waals surface area contributed by atoms with E-state index in [1.807, 2.05) is 13.8 Å². The molecule has 0 aliphatic carbocycles. The Hall–Kier alpha value is -1.63. The molecule has 0 aliphatic rings. The first-order chi connectivity index (χ1) is 9.54. The first-order valence-corrected chi connectivity index (χ1v) is 7.40. The number of rotatable bonds is 5. The standard InChI is InChI=1S/C13H18BrN5O/c1-4-7-19-9(5-6-15-19)16-13(20)12-10(14)11(8(2)3)17-18-12/h5-6,8H,4,7H2,1-3H3,(H,16,20)(H,17,18). The summed E-state index contributed by atoms with van der Waals surface area (Å²) in [5.74, 6) is 0.694. The van der Waals surface area contributed by atoms with Crippen molar-refractivity contribution in [1.82, 2.24) is 20.0 Å². The number of nitrogens with one attached hydrogen (secondary N) is 2. The van der Waals surface area contributed by atoms with E-state index in [2.05, 4.69) is 43.5 Å². The number of H-pyrrole nitrogens is 1. The first-order valence-electron chi connectivity index (χ1n) is 6.61. The van der Waals surface area contributed by atoms with Crippen molar-refractivity contribution in [3.8, 4) is 0 Å². The molecule has 0 saturated heterocycles. The third-order valence-electron chi connectivity index (χ3n) is 2.92. The Morgan fingerprint density at radius 1 is 1.55 bits per heavy atom. The second-order valence-corrected chi connectivity index (χ2v) is 5.64. The number of hydrogen-bond donors (Lipinski definition) is 2. The lowest BCUT2D eigenvalue weighted by Crippen LogP contribution is -2.16. The van der Waals surface area contributed by atoms with Gasteiger partial charge in [-0.2, -0.15) is 10.2 Å². The monoisotopic (exact) mass is 339 g/mol. The normalized spacial score (nSPS) is 11.1. The van der Waals surface area contributed by atoms with Gasteiger partial charge < -0.3 is 5.32 Å². The third kappa shape index (κ3) is 2.92. The quantitative estimate of drug-likeness (QED) is 0.878. The van der Waals surface area contributed by atoms with E-state index in [4.69, 9.17) is 0 Å². The Morgan fingerprint density at radius 2 is 2.30 bits per heavy atom. The highest BCUT2D eigenvalue weighted by molar-refractivity contribution is 9.10. The number of hydrogen-bond acceptors (Lipinski definition) is 3. The minimum atomic E-state index is -0.252. The van der Waals surface area contributed by atoms with Crippen LogP contribution in [0.2, 0.25) is 0 Å². The number of carbonyl (C=O) groups excluding carboxylic acids is 1. The lowest BCUT2D eigenvalue weighted by molar-refractivity contribution is 0.102. The smallest absolute Gasteiger partial charge is 0.278 e. The Kier molecular flexibility index (Phi) is 4.59. The largest absolute Gasteiger partial charge is 0.305 e. The molecule has 2 rings (SSSR count). The molecule has 2 heterocycles. The van der Waals surface area contributed by atoms with Crippen molar-refractivity contribution in [3.05, 3.63) is 28.1 Å². The molecular formula is C13H18BrN5O. The molecule has 0 aromatic carbocycles. The summed E-state index contributed by atoms with van der Waals surface area (Å²) >= 11 is 3.43. The van der Waals surface area contributed by atoms with Gasteiger partial charge in [0.2, 0.25) is 0 Å². The molecule has 2 N–H and O–H groups in total. The zero-order valence-corrected chi connectivity index (χ0v) is 13.4. The van der Waals surface area contributed by atoms with Crippen molar-refractivity contribution in [2.24, 2.45) is 0 Å². The lowest BCUT2D eigenvalue weighted by Gasteiger charge is -2.07. The van der Waals surface area contributed by atoms with Crippen LogP contribution in [0.4, 0.5) is 5.82 Å². The molecule has 0 bridgehead atoms. The van der Waals surface area contributed by atoms with Gasteiger partial charge in [0, 0.05) is 12.6 Å². The predicted molar refractivity (Wildman–Crippen MR) is 80.8 cm³/mol. The minimum absolute atomic E-state index is 0.252. The Balaban J connectivity index is 2.18. The van der Waals surface area contributed by atoms with Gasteiger partial charge in [0.15, 0.2) is 5.69 Å². The van der Waals surface area contributed by atoms with Crippen molar-refractivity contribution in [2.75, 3.05) is 5.32 Å². The Bertz CT molecular complexity index is 602. The van der Waals surface area contributed by atoms with Crippen LogP contribution in [0.5, 0.6) is 0 Å². The van der Waals surface area contributed by atoms with Crippen LogP contribution in [-0.2, 0) is 6.54 Å². The van der Waals surface area contributed by atoms with Crippen LogP contribution >= 0.6 is 15.9 Å². The third-order valence-corrected chi connectivity index (χ3v) is 3.72. The fraction of sp³-hybridized carbons (Fsp3) is 0.462.